The van der Waals surface area contributed by atoms with E-state index >= 15 is 0 Å². The average molecular weight is 316 g/mol. The molecule has 1 aliphatic heterocycles. The second-order valence-electron chi connectivity index (χ2n) is 6.96. The van der Waals surface area contributed by atoms with Crippen molar-refractivity contribution in [1.29, 1.82) is 0 Å². The highest BCUT2D eigenvalue weighted by molar-refractivity contribution is 5.73. The van der Waals surface area contributed by atoms with Crippen molar-refractivity contribution < 1.29 is 9.53 Å². The number of piperidine rings is 1. The van der Waals surface area contributed by atoms with E-state index in [0.717, 1.165) is 32.2 Å². The molecule has 3 rings (SSSR count). The molecule has 1 amide bonds. The molecule has 2 fully saturated rings. The maximum absolute atomic E-state index is 11.8. The van der Waals surface area contributed by atoms with Crippen LogP contribution in [-0.2, 0) is 9.53 Å². The van der Waals surface area contributed by atoms with E-state index in [9.17, 15) is 4.79 Å². The Morgan fingerprint density at radius 1 is 1.26 bits per heavy atom. The maximum Gasteiger partial charge on any atom is 0.219 e. The molecule has 1 aromatic carbocycles. The molecule has 126 valence electrons. The summed E-state index contributed by atoms with van der Waals surface area (Å²) >= 11 is 0. The van der Waals surface area contributed by atoms with Gasteiger partial charge in [0.05, 0.1) is 18.8 Å². The number of ether oxygens (including phenoxy) is 1. The third-order valence-corrected chi connectivity index (χ3v) is 5.39. The van der Waals surface area contributed by atoms with Crippen LogP contribution in [-0.4, -0.2) is 42.1 Å². The molecule has 1 aromatic rings. The number of rotatable bonds is 4. The van der Waals surface area contributed by atoms with E-state index in [4.69, 9.17) is 10.5 Å². The first kappa shape index (κ1) is 16.5. The number of nitrogens with two attached hydrogens (primary N) is 1. The number of hydrogen-bond donors (Lipinski definition) is 1. The van der Waals surface area contributed by atoms with E-state index in [1.165, 1.54) is 12.0 Å². The lowest BCUT2D eigenvalue weighted by Crippen LogP contribution is -2.56. The lowest BCUT2D eigenvalue weighted by atomic mass is 9.97. The number of carbonyl (C=O) groups excluding carboxylic acids is 1. The molecule has 0 spiro atoms. The summed E-state index contributed by atoms with van der Waals surface area (Å²) in [6, 6.07) is 10.8. The van der Waals surface area contributed by atoms with Gasteiger partial charge in [0.2, 0.25) is 5.91 Å². The molecule has 0 aromatic heterocycles. The lowest BCUT2D eigenvalue weighted by molar-refractivity contribution is -0.135. The van der Waals surface area contributed by atoms with Crippen molar-refractivity contribution in [2.24, 2.45) is 5.73 Å². The molecule has 1 aliphatic carbocycles. The summed E-state index contributed by atoms with van der Waals surface area (Å²) in [5.41, 5.74) is 7.65. The van der Waals surface area contributed by atoms with Gasteiger partial charge in [0, 0.05) is 19.5 Å². The van der Waals surface area contributed by atoms with E-state index < -0.39 is 0 Å². The largest absolute Gasteiger partial charge is 0.376 e. The Labute approximate surface area is 139 Å². The molecular formula is C19H28N2O2. The van der Waals surface area contributed by atoms with Crippen LogP contribution < -0.4 is 5.73 Å². The van der Waals surface area contributed by atoms with Crippen molar-refractivity contribution in [2.75, 3.05) is 13.2 Å². The smallest absolute Gasteiger partial charge is 0.219 e. The fourth-order valence-electron chi connectivity index (χ4n) is 4.05. The predicted octanol–water partition coefficient (Wildman–Crippen LogP) is 2.68. The molecule has 2 N–H and O–H groups in total. The topological polar surface area (TPSA) is 55.6 Å². The molecule has 1 saturated heterocycles. The number of hydrogen-bond acceptors (Lipinski definition) is 3. The van der Waals surface area contributed by atoms with Crippen molar-refractivity contribution in [3.63, 3.8) is 0 Å². The van der Waals surface area contributed by atoms with Gasteiger partial charge in [-0.3, -0.25) is 4.79 Å². The van der Waals surface area contributed by atoms with E-state index in [1.54, 1.807) is 6.92 Å². The molecule has 2 unspecified atom stereocenters. The molecule has 4 nitrogen and oxygen atoms in total. The summed E-state index contributed by atoms with van der Waals surface area (Å²) in [5, 5.41) is 0. The average Bonchev–Trinajstić information content (AvgIpc) is 3.03. The van der Waals surface area contributed by atoms with Gasteiger partial charge in [0.15, 0.2) is 0 Å². The number of likely N-dealkylation sites (tertiary alicyclic amines) is 1. The van der Waals surface area contributed by atoms with E-state index in [-0.39, 0.29) is 18.0 Å². The van der Waals surface area contributed by atoms with Crippen LogP contribution in [0.2, 0.25) is 0 Å². The van der Waals surface area contributed by atoms with Crippen LogP contribution in [0.15, 0.2) is 30.3 Å². The van der Waals surface area contributed by atoms with Crippen molar-refractivity contribution in [1.82, 2.24) is 4.90 Å². The summed E-state index contributed by atoms with van der Waals surface area (Å²) in [5.74, 6) is 0.715. The first-order valence-electron chi connectivity index (χ1n) is 8.84. The zero-order valence-corrected chi connectivity index (χ0v) is 14.0. The van der Waals surface area contributed by atoms with Gasteiger partial charge < -0.3 is 15.4 Å². The van der Waals surface area contributed by atoms with Gasteiger partial charge >= 0.3 is 0 Å². The third-order valence-electron chi connectivity index (χ3n) is 5.39. The Balaban J connectivity index is 1.53. The number of amides is 1. The lowest BCUT2D eigenvalue weighted by Gasteiger charge is -2.39. The minimum absolute atomic E-state index is 0.0389. The predicted molar refractivity (Wildman–Crippen MR) is 91.2 cm³/mol. The monoisotopic (exact) mass is 316 g/mol. The zero-order valence-electron chi connectivity index (χ0n) is 14.0. The minimum Gasteiger partial charge on any atom is -0.376 e. The zero-order chi connectivity index (χ0) is 16.2. The van der Waals surface area contributed by atoms with Crippen LogP contribution in [0.1, 0.15) is 50.5 Å². The molecule has 1 saturated carbocycles. The van der Waals surface area contributed by atoms with Gasteiger partial charge in [-0.1, -0.05) is 30.3 Å². The van der Waals surface area contributed by atoms with E-state index in [2.05, 4.69) is 30.3 Å². The Morgan fingerprint density at radius 3 is 2.78 bits per heavy atom. The summed E-state index contributed by atoms with van der Waals surface area (Å²) < 4.78 is 6.17. The van der Waals surface area contributed by atoms with Gasteiger partial charge in [0.25, 0.3) is 0 Å². The summed E-state index contributed by atoms with van der Waals surface area (Å²) in [4.78, 5) is 13.7. The Bertz CT molecular complexity index is 519. The van der Waals surface area contributed by atoms with Crippen molar-refractivity contribution in [3.05, 3.63) is 35.9 Å². The van der Waals surface area contributed by atoms with Gasteiger partial charge in [-0.2, -0.15) is 0 Å². The summed E-state index contributed by atoms with van der Waals surface area (Å²) in [6.07, 6.45) is 5.63. The Hall–Kier alpha value is -1.39. The molecular weight excluding hydrogens is 288 g/mol. The summed E-state index contributed by atoms with van der Waals surface area (Å²) in [6.45, 7) is 3.02. The first-order valence-corrected chi connectivity index (χ1v) is 8.84. The summed E-state index contributed by atoms with van der Waals surface area (Å²) in [7, 11) is 0. The molecule has 2 aliphatic rings. The quantitative estimate of drug-likeness (QED) is 0.929. The van der Waals surface area contributed by atoms with Crippen LogP contribution in [0.3, 0.4) is 0 Å². The standard InChI is InChI=1S/C19H28N2O2/c1-14(22)21-11-5-8-18(20)19(21)13-23-17-10-9-16(12-17)15-6-3-2-4-7-15/h2-4,6-7,16-19H,5,8-13,20H2,1H3/t16?,17?,18-,19-/m0/s1. The maximum atomic E-state index is 11.8. The van der Waals surface area contributed by atoms with Gasteiger partial charge in [-0.25, -0.2) is 0 Å². The highest BCUT2D eigenvalue weighted by atomic mass is 16.5. The molecule has 0 bridgehead atoms. The second-order valence-corrected chi connectivity index (χ2v) is 6.96. The van der Waals surface area contributed by atoms with Crippen molar-refractivity contribution >= 4 is 5.91 Å². The molecule has 1 heterocycles. The molecule has 4 heteroatoms. The number of nitrogens with zero attached hydrogens (tertiary/aromatic N) is 1. The van der Waals surface area contributed by atoms with Crippen molar-refractivity contribution in [3.8, 4) is 0 Å². The van der Waals surface area contributed by atoms with Crippen LogP contribution in [0.4, 0.5) is 0 Å². The fraction of sp³-hybridized carbons (Fsp3) is 0.632. The first-order chi connectivity index (χ1) is 11.1. The van der Waals surface area contributed by atoms with Gasteiger partial charge in [0.1, 0.15) is 0 Å². The minimum atomic E-state index is 0.0389. The van der Waals surface area contributed by atoms with Crippen LogP contribution in [0.25, 0.3) is 0 Å². The highest BCUT2D eigenvalue weighted by Crippen LogP contribution is 2.36. The highest BCUT2D eigenvalue weighted by Gasteiger charge is 2.33. The third kappa shape index (κ3) is 3.93. The second kappa shape index (κ2) is 7.45. The van der Waals surface area contributed by atoms with Gasteiger partial charge in [-0.05, 0) is 43.6 Å². The van der Waals surface area contributed by atoms with E-state index in [0.29, 0.717) is 18.6 Å². The van der Waals surface area contributed by atoms with Crippen molar-refractivity contribution in [2.45, 2.75) is 63.1 Å². The Morgan fingerprint density at radius 2 is 2.04 bits per heavy atom. The molecule has 0 radical (unpaired) electrons. The Kier molecular flexibility index (Phi) is 5.34. The molecule has 23 heavy (non-hydrogen) atoms. The number of benzene rings is 1. The molecule has 4 atom stereocenters. The van der Waals surface area contributed by atoms with E-state index in [1.807, 2.05) is 4.90 Å². The van der Waals surface area contributed by atoms with Gasteiger partial charge in [-0.15, -0.1) is 0 Å². The van der Waals surface area contributed by atoms with Crippen LogP contribution in [0.5, 0.6) is 0 Å². The number of carbonyl (C=O) groups is 1. The normalized spacial score (nSPS) is 31.3. The van der Waals surface area contributed by atoms with Crippen LogP contribution >= 0.6 is 0 Å². The fourth-order valence-corrected chi connectivity index (χ4v) is 4.05. The van der Waals surface area contributed by atoms with Crippen LogP contribution in [0, 0.1) is 0 Å². The SMILES string of the molecule is CC(=O)N1CCC[C@H](N)[C@@H]1COC1CCC(c2ccccc2)C1.